The van der Waals surface area contributed by atoms with E-state index in [0.717, 1.165) is 16.8 Å². The summed E-state index contributed by atoms with van der Waals surface area (Å²) < 4.78 is 1.67. The molecule has 3 aromatic rings. The maximum atomic E-state index is 11.3. The Balaban J connectivity index is 2.33. The van der Waals surface area contributed by atoms with E-state index in [4.69, 9.17) is 11.6 Å². The molecule has 0 radical (unpaired) electrons. The first kappa shape index (κ1) is 12.7. The smallest absolute Gasteiger partial charge is 0.336 e. The van der Waals surface area contributed by atoms with Gasteiger partial charge in [0.1, 0.15) is 0 Å². The molecule has 100 valence electrons. The van der Waals surface area contributed by atoms with Crippen LogP contribution in [0.3, 0.4) is 0 Å². The van der Waals surface area contributed by atoms with Gasteiger partial charge in [0.2, 0.25) is 0 Å². The summed E-state index contributed by atoms with van der Waals surface area (Å²) >= 11 is 6.03. The third-order valence-corrected chi connectivity index (χ3v) is 3.59. The second-order valence-corrected chi connectivity index (χ2v) is 4.90. The Bertz CT molecular complexity index is 804. The number of nitrogens with zero attached hydrogens (tertiary/aromatic N) is 2. The molecule has 1 heterocycles. The Hall–Kier alpha value is -2.33. The van der Waals surface area contributed by atoms with Gasteiger partial charge in [0.15, 0.2) is 0 Å². The van der Waals surface area contributed by atoms with E-state index in [2.05, 4.69) is 5.10 Å². The number of aromatic nitrogens is 2. The van der Waals surface area contributed by atoms with Crippen molar-refractivity contribution in [3.8, 4) is 5.69 Å². The first-order chi connectivity index (χ1) is 9.58. The molecule has 0 aliphatic heterocycles. The molecule has 0 fully saturated rings. The van der Waals surface area contributed by atoms with Crippen LogP contribution in [0.5, 0.6) is 0 Å². The normalized spacial score (nSPS) is 10.9. The van der Waals surface area contributed by atoms with Crippen LogP contribution in [0.25, 0.3) is 16.5 Å². The first-order valence-corrected chi connectivity index (χ1v) is 6.43. The van der Waals surface area contributed by atoms with Gasteiger partial charge in [-0.3, -0.25) is 0 Å². The predicted molar refractivity (Wildman–Crippen MR) is 77.8 cm³/mol. The lowest BCUT2D eigenvalue weighted by Gasteiger charge is -2.09. The molecule has 0 atom stereocenters. The number of fused-ring (bicyclic) bond motifs is 1. The second kappa shape index (κ2) is 4.65. The lowest BCUT2D eigenvalue weighted by atomic mass is 10.0. The Kier molecular flexibility index (Phi) is 2.95. The number of benzene rings is 2. The van der Waals surface area contributed by atoms with Crippen molar-refractivity contribution in [3.63, 3.8) is 0 Å². The van der Waals surface area contributed by atoms with Crippen LogP contribution in [0.15, 0.2) is 42.6 Å². The minimum Gasteiger partial charge on any atom is -0.478 e. The SMILES string of the molecule is Cc1nn(-c2ccc(C(=O)O)c3ccccc23)cc1Cl. The van der Waals surface area contributed by atoms with E-state index in [9.17, 15) is 9.90 Å². The number of carboxylic acids is 1. The van der Waals surface area contributed by atoms with Crippen molar-refractivity contribution < 1.29 is 9.90 Å². The van der Waals surface area contributed by atoms with Crippen molar-refractivity contribution in [2.75, 3.05) is 0 Å². The molecule has 0 saturated heterocycles. The topological polar surface area (TPSA) is 55.1 Å². The predicted octanol–water partition coefficient (Wildman–Crippen LogP) is 3.69. The second-order valence-electron chi connectivity index (χ2n) is 4.49. The fourth-order valence-electron chi connectivity index (χ4n) is 2.23. The van der Waals surface area contributed by atoms with Crippen molar-refractivity contribution >= 4 is 28.3 Å². The quantitative estimate of drug-likeness (QED) is 0.782. The van der Waals surface area contributed by atoms with E-state index >= 15 is 0 Å². The van der Waals surface area contributed by atoms with Crippen LogP contribution in [0, 0.1) is 6.92 Å². The first-order valence-electron chi connectivity index (χ1n) is 6.05. The molecule has 0 unspecified atom stereocenters. The lowest BCUT2D eigenvalue weighted by molar-refractivity contribution is 0.0699. The van der Waals surface area contributed by atoms with Gasteiger partial charge < -0.3 is 5.11 Å². The molecule has 0 aliphatic carbocycles. The number of halogens is 1. The summed E-state index contributed by atoms with van der Waals surface area (Å²) in [4.78, 5) is 11.3. The van der Waals surface area contributed by atoms with Crippen molar-refractivity contribution in [3.05, 3.63) is 58.9 Å². The molecule has 0 bridgehead atoms. The summed E-state index contributed by atoms with van der Waals surface area (Å²) in [5, 5.41) is 15.7. The average Bonchev–Trinajstić information content (AvgIpc) is 2.77. The van der Waals surface area contributed by atoms with Gasteiger partial charge in [0, 0.05) is 11.6 Å². The molecule has 0 aliphatic rings. The van der Waals surface area contributed by atoms with Crippen LogP contribution < -0.4 is 0 Å². The Morgan fingerprint density at radius 3 is 2.50 bits per heavy atom. The summed E-state index contributed by atoms with van der Waals surface area (Å²) in [5.41, 5.74) is 1.82. The molecule has 0 spiro atoms. The van der Waals surface area contributed by atoms with Crippen molar-refractivity contribution in [2.24, 2.45) is 0 Å². The van der Waals surface area contributed by atoms with Crippen molar-refractivity contribution in [1.29, 1.82) is 0 Å². The lowest BCUT2D eigenvalue weighted by Crippen LogP contribution is -2.01. The molecule has 5 heteroatoms. The van der Waals surface area contributed by atoms with Crippen molar-refractivity contribution in [1.82, 2.24) is 9.78 Å². The highest BCUT2D eigenvalue weighted by atomic mass is 35.5. The van der Waals surface area contributed by atoms with Crippen LogP contribution in [0.2, 0.25) is 5.02 Å². The fraction of sp³-hybridized carbons (Fsp3) is 0.0667. The van der Waals surface area contributed by atoms with E-state index in [-0.39, 0.29) is 5.56 Å². The highest BCUT2D eigenvalue weighted by Crippen LogP contribution is 2.27. The highest BCUT2D eigenvalue weighted by Gasteiger charge is 2.13. The third-order valence-electron chi connectivity index (χ3n) is 3.22. The molecule has 0 amide bonds. The summed E-state index contributed by atoms with van der Waals surface area (Å²) in [5.74, 6) is -0.942. The molecule has 1 aromatic heterocycles. The molecule has 3 rings (SSSR count). The molecule has 1 N–H and O–H groups in total. The monoisotopic (exact) mass is 286 g/mol. The maximum Gasteiger partial charge on any atom is 0.336 e. The number of carboxylic acid groups (broad SMARTS) is 1. The fourth-order valence-corrected chi connectivity index (χ4v) is 2.36. The Morgan fingerprint density at radius 1 is 1.20 bits per heavy atom. The Morgan fingerprint density at radius 2 is 1.90 bits per heavy atom. The summed E-state index contributed by atoms with van der Waals surface area (Å²) in [7, 11) is 0. The standard InChI is InChI=1S/C15H11ClN2O2/c1-9-13(16)8-18(17-9)14-7-6-12(15(19)20)10-4-2-3-5-11(10)14/h2-8H,1H3,(H,19,20). The summed E-state index contributed by atoms with van der Waals surface area (Å²) in [6, 6.07) is 10.7. The van der Waals surface area contributed by atoms with E-state index in [1.807, 2.05) is 25.1 Å². The number of aryl methyl sites for hydroxylation is 1. The van der Waals surface area contributed by atoms with Crippen LogP contribution in [-0.2, 0) is 0 Å². The molecule has 2 aromatic carbocycles. The summed E-state index contributed by atoms with van der Waals surface area (Å²) in [6.45, 7) is 1.83. The highest BCUT2D eigenvalue weighted by molar-refractivity contribution is 6.31. The summed E-state index contributed by atoms with van der Waals surface area (Å²) in [6.07, 6.45) is 1.72. The largest absolute Gasteiger partial charge is 0.478 e. The zero-order valence-corrected chi connectivity index (χ0v) is 11.4. The zero-order chi connectivity index (χ0) is 14.3. The molecule has 20 heavy (non-hydrogen) atoms. The zero-order valence-electron chi connectivity index (χ0n) is 10.7. The number of aromatic carboxylic acids is 1. The van der Waals surface area contributed by atoms with Crippen LogP contribution in [0.4, 0.5) is 0 Å². The van der Waals surface area contributed by atoms with Crippen molar-refractivity contribution in [2.45, 2.75) is 6.92 Å². The average molecular weight is 287 g/mol. The van der Waals surface area contributed by atoms with E-state index in [0.29, 0.717) is 10.4 Å². The molecular weight excluding hydrogens is 276 g/mol. The molecule has 4 nitrogen and oxygen atoms in total. The van der Waals surface area contributed by atoms with Gasteiger partial charge >= 0.3 is 5.97 Å². The van der Waals surface area contributed by atoms with Crippen LogP contribution in [0.1, 0.15) is 16.1 Å². The number of carbonyl (C=O) groups is 1. The van der Waals surface area contributed by atoms with E-state index in [1.54, 1.807) is 29.1 Å². The number of rotatable bonds is 2. The van der Waals surface area contributed by atoms with Crippen LogP contribution in [-0.4, -0.2) is 20.9 Å². The molecule has 0 saturated carbocycles. The van der Waals surface area contributed by atoms with Gasteiger partial charge in [-0.05, 0) is 24.4 Å². The molecular formula is C15H11ClN2O2. The minimum absolute atomic E-state index is 0.277. The van der Waals surface area contributed by atoms with Gasteiger partial charge in [-0.1, -0.05) is 35.9 Å². The van der Waals surface area contributed by atoms with Gasteiger partial charge in [-0.2, -0.15) is 5.10 Å². The maximum absolute atomic E-state index is 11.3. The van der Waals surface area contributed by atoms with E-state index < -0.39 is 5.97 Å². The van der Waals surface area contributed by atoms with Gasteiger partial charge in [0.25, 0.3) is 0 Å². The third kappa shape index (κ3) is 1.94. The van der Waals surface area contributed by atoms with Gasteiger partial charge in [0.05, 0.1) is 22.0 Å². The number of hydrogen-bond acceptors (Lipinski definition) is 2. The van der Waals surface area contributed by atoms with E-state index in [1.165, 1.54) is 0 Å². The minimum atomic E-state index is -0.942. The van der Waals surface area contributed by atoms with Gasteiger partial charge in [-0.15, -0.1) is 0 Å². The Labute approximate surface area is 120 Å². The van der Waals surface area contributed by atoms with Gasteiger partial charge in [-0.25, -0.2) is 9.48 Å². The van der Waals surface area contributed by atoms with Crippen LogP contribution >= 0.6 is 11.6 Å². The number of hydrogen-bond donors (Lipinski definition) is 1.